The molecule has 2 heterocycles. The largest absolute Gasteiger partial charge is 0.497 e. The molecule has 0 saturated heterocycles. The number of amides is 1. The van der Waals surface area contributed by atoms with Gasteiger partial charge < -0.3 is 14.8 Å². The summed E-state index contributed by atoms with van der Waals surface area (Å²) >= 11 is 0. The van der Waals surface area contributed by atoms with E-state index in [1.165, 1.54) is 0 Å². The SMILES string of the molecule is COc1ccc(OC)c(-c2nn(-c3ccccc3)cc2C(=O)NCCc2cnn(-c3ccccc3)c2)c1. The lowest BCUT2D eigenvalue weighted by atomic mass is 10.1. The molecule has 0 spiro atoms. The molecule has 0 aliphatic carbocycles. The van der Waals surface area contributed by atoms with E-state index < -0.39 is 0 Å². The molecular weight excluding hydrogens is 466 g/mol. The Morgan fingerprint density at radius 2 is 1.57 bits per heavy atom. The molecule has 0 unspecified atom stereocenters. The summed E-state index contributed by atoms with van der Waals surface area (Å²) in [4.78, 5) is 13.4. The number of para-hydroxylation sites is 2. The zero-order chi connectivity index (χ0) is 25.6. The molecule has 1 amide bonds. The normalized spacial score (nSPS) is 10.8. The Balaban J connectivity index is 1.39. The molecule has 5 rings (SSSR count). The van der Waals surface area contributed by atoms with Crippen LogP contribution in [0.3, 0.4) is 0 Å². The lowest BCUT2D eigenvalue weighted by molar-refractivity contribution is 0.0954. The number of methoxy groups -OCH3 is 2. The van der Waals surface area contributed by atoms with Crippen molar-refractivity contribution in [3.8, 4) is 34.1 Å². The lowest BCUT2D eigenvalue weighted by Crippen LogP contribution is -2.25. The van der Waals surface area contributed by atoms with Crippen LogP contribution in [-0.4, -0.2) is 46.2 Å². The molecule has 0 radical (unpaired) electrons. The molecule has 2 aromatic heterocycles. The summed E-state index contributed by atoms with van der Waals surface area (Å²) < 4.78 is 14.5. The van der Waals surface area contributed by atoms with Gasteiger partial charge in [0, 0.05) is 24.5 Å². The van der Waals surface area contributed by atoms with Crippen molar-refractivity contribution >= 4 is 5.91 Å². The second-order valence-electron chi connectivity index (χ2n) is 8.37. The molecule has 0 aliphatic rings. The van der Waals surface area contributed by atoms with Crippen LogP contribution in [0.5, 0.6) is 11.5 Å². The number of nitrogens with zero attached hydrogens (tertiary/aromatic N) is 4. The molecule has 0 bridgehead atoms. The standard InChI is InChI=1S/C29H27N5O3/c1-36-24-13-14-27(37-2)25(17-24)28-26(20-34(32-28)23-11-7-4-8-12-23)29(35)30-16-15-21-18-31-33(19-21)22-9-5-3-6-10-22/h3-14,17-20H,15-16H2,1-2H3,(H,30,35). The molecule has 37 heavy (non-hydrogen) atoms. The van der Waals surface area contributed by atoms with Crippen LogP contribution in [0.15, 0.2) is 97.5 Å². The van der Waals surface area contributed by atoms with Crippen LogP contribution in [0.4, 0.5) is 0 Å². The number of nitrogens with one attached hydrogen (secondary N) is 1. The van der Waals surface area contributed by atoms with Crippen LogP contribution in [0.2, 0.25) is 0 Å². The van der Waals surface area contributed by atoms with Crippen LogP contribution < -0.4 is 14.8 Å². The molecule has 8 nitrogen and oxygen atoms in total. The molecule has 0 aliphatic heterocycles. The van der Waals surface area contributed by atoms with Gasteiger partial charge in [-0.3, -0.25) is 4.79 Å². The Kier molecular flexibility index (Phi) is 6.98. The highest BCUT2D eigenvalue weighted by atomic mass is 16.5. The Morgan fingerprint density at radius 3 is 2.24 bits per heavy atom. The zero-order valence-corrected chi connectivity index (χ0v) is 20.7. The quantitative estimate of drug-likeness (QED) is 0.321. The highest BCUT2D eigenvalue weighted by Crippen LogP contribution is 2.35. The number of benzene rings is 3. The molecule has 8 heteroatoms. The molecular formula is C29H27N5O3. The number of carbonyl (C=O) groups excluding carboxylic acids is 1. The van der Waals surface area contributed by atoms with Crippen molar-refractivity contribution in [3.63, 3.8) is 0 Å². The third kappa shape index (κ3) is 5.23. The van der Waals surface area contributed by atoms with E-state index in [1.54, 1.807) is 25.1 Å². The fourth-order valence-electron chi connectivity index (χ4n) is 4.08. The van der Waals surface area contributed by atoms with Gasteiger partial charge in [0.2, 0.25) is 0 Å². The van der Waals surface area contributed by atoms with Crippen LogP contribution >= 0.6 is 0 Å². The molecule has 5 aromatic rings. The average Bonchev–Trinajstić information content (AvgIpc) is 3.62. The monoisotopic (exact) mass is 493 g/mol. The van der Waals surface area contributed by atoms with E-state index in [-0.39, 0.29) is 5.91 Å². The van der Waals surface area contributed by atoms with Crippen molar-refractivity contribution in [3.05, 3.63) is 109 Å². The maximum atomic E-state index is 13.4. The lowest BCUT2D eigenvalue weighted by Gasteiger charge is -2.10. The van der Waals surface area contributed by atoms with Gasteiger partial charge >= 0.3 is 0 Å². The number of aromatic nitrogens is 4. The number of ether oxygens (including phenoxy) is 2. The number of hydrogen-bond donors (Lipinski definition) is 1. The van der Waals surface area contributed by atoms with Gasteiger partial charge in [-0.15, -0.1) is 0 Å². The first kappa shape index (κ1) is 23.9. The molecule has 3 aromatic carbocycles. The van der Waals surface area contributed by atoms with E-state index in [2.05, 4.69) is 10.4 Å². The summed E-state index contributed by atoms with van der Waals surface area (Å²) in [5.74, 6) is 1.02. The van der Waals surface area contributed by atoms with E-state index in [0.717, 1.165) is 16.9 Å². The van der Waals surface area contributed by atoms with Gasteiger partial charge in [0.1, 0.15) is 17.2 Å². The highest BCUT2D eigenvalue weighted by molar-refractivity contribution is 6.00. The van der Waals surface area contributed by atoms with E-state index in [9.17, 15) is 4.79 Å². The predicted molar refractivity (Wildman–Crippen MR) is 142 cm³/mol. The number of hydrogen-bond acceptors (Lipinski definition) is 5. The topological polar surface area (TPSA) is 83.2 Å². The van der Waals surface area contributed by atoms with Crippen LogP contribution in [-0.2, 0) is 6.42 Å². The molecule has 1 N–H and O–H groups in total. The van der Waals surface area contributed by atoms with Gasteiger partial charge in [0.15, 0.2) is 0 Å². The van der Waals surface area contributed by atoms with Crippen LogP contribution in [0.1, 0.15) is 15.9 Å². The number of rotatable bonds is 9. The van der Waals surface area contributed by atoms with Gasteiger partial charge in [-0.25, -0.2) is 9.36 Å². The number of carbonyl (C=O) groups is 1. The van der Waals surface area contributed by atoms with Crippen molar-refractivity contribution < 1.29 is 14.3 Å². The van der Waals surface area contributed by atoms with Gasteiger partial charge in [-0.05, 0) is 54.4 Å². The summed E-state index contributed by atoms with van der Waals surface area (Å²) in [5, 5.41) is 12.2. The van der Waals surface area contributed by atoms with Crippen molar-refractivity contribution in [2.45, 2.75) is 6.42 Å². The molecule has 186 valence electrons. The van der Waals surface area contributed by atoms with Gasteiger partial charge in [-0.2, -0.15) is 10.2 Å². The summed E-state index contributed by atoms with van der Waals surface area (Å²) in [6.45, 7) is 0.449. The zero-order valence-electron chi connectivity index (χ0n) is 20.7. The smallest absolute Gasteiger partial charge is 0.255 e. The maximum Gasteiger partial charge on any atom is 0.255 e. The van der Waals surface area contributed by atoms with Crippen molar-refractivity contribution in [1.29, 1.82) is 0 Å². The fraction of sp³-hybridized carbons (Fsp3) is 0.138. The Bertz CT molecular complexity index is 1490. The third-order valence-corrected chi connectivity index (χ3v) is 6.00. The fourth-order valence-corrected chi connectivity index (χ4v) is 4.08. The first-order valence-electron chi connectivity index (χ1n) is 11.9. The Labute approximate surface area is 215 Å². The second kappa shape index (κ2) is 10.8. The Morgan fingerprint density at radius 1 is 0.865 bits per heavy atom. The van der Waals surface area contributed by atoms with Crippen molar-refractivity contribution in [2.75, 3.05) is 20.8 Å². The van der Waals surface area contributed by atoms with Crippen molar-refractivity contribution in [2.24, 2.45) is 0 Å². The summed E-state index contributed by atoms with van der Waals surface area (Å²) in [6.07, 6.45) is 6.18. The van der Waals surface area contributed by atoms with E-state index >= 15 is 0 Å². The molecule has 0 fully saturated rings. The molecule has 0 saturated carbocycles. The average molecular weight is 494 g/mol. The highest BCUT2D eigenvalue weighted by Gasteiger charge is 2.22. The summed E-state index contributed by atoms with van der Waals surface area (Å²) in [7, 11) is 3.19. The van der Waals surface area contributed by atoms with Crippen molar-refractivity contribution in [1.82, 2.24) is 24.9 Å². The van der Waals surface area contributed by atoms with Gasteiger partial charge in [0.05, 0.1) is 37.4 Å². The van der Waals surface area contributed by atoms with Crippen LogP contribution in [0, 0.1) is 0 Å². The Hall–Kier alpha value is -4.85. The molecule has 0 atom stereocenters. The van der Waals surface area contributed by atoms with Gasteiger partial charge in [-0.1, -0.05) is 36.4 Å². The van der Waals surface area contributed by atoms with E-state index in [4.69, 9.17) is 14.6 Å². The summed E-state index contributed by atoms with van der Waals surface area (Å²) in [5.41, 5.74) is 4.48. The minimum Gasteiger partial charge on any atom is -0.497 e. The van der Waals surface area contributed by atoms with E-state index in [1.807, 2.05) is 95.9 Å². The third-order valence-electron chi connectivity index (χ3n) is 6.00. The second-order valence-corrected chi connectivity index (χ2v) is 8.37. The first-order valence-corrected chi connectivity index (χ1v) is 11.9. The van der Waals surface area contributed by atoms with Crippen LogP contribution in [0.25, 0.3) is 22.6 Å². The maximum absolute atomic E-state index is 13.4. The minimum atomic E-state index is -0.225. The first-order chi connectivity index (χ1) is 18.2. The summed E-state index contributed by atoms with van der Waals surface area (Å²) in [6, 6.07) is 25.0. The predicted octanol–water partition coefficient (Wildman–Crippen LogP) is 4.71. The van der Waals surface area contributed by atoms with Gasteiger partial charge in [0.25, 0.3) is 5.91 Å². The van der Waals surface area contributed by atoms with E-state index in [0.29, 0.717) is 41.3 Å². The minimum absolute atomic E-state index is 0.225.